The van der Waals surface area contributed by atoms with Gasteiger partial charge in [0.15, 0.2) is 0 Å². The number of rotatable bonds is 5. The molecule has 1 saturated heterocycles. The maximum atomic E-state index is 12.2. The maximum absolute atomic E-state index is 12.2. The number of anilines is 2. The molecule has 3 amide bonds. The highest BCUT2D eigenvalue weighted by molar-refractivity contribution is 6.01. The molecule has 124 valence electrons. The fourth-order valence-electron chi connectivity index (χ4n) is 2.54. The van der Waals surface area contributed by atoms with Crippen LogP contribution in [0.25, 0.3) is 0 Å². The first kappa shape index (κ1) is 17.0. The first-order valence-electron chi connectivity index (χ1n) is 7.82. The molecule has 1 fully saturated rings. The van der Waals surface area contributed by atoms with Gasteiger partial charge >= 0.3 is 0 Å². The van der Waals surface area contributed by atoms with E-state index in [4.69, 9.17) is 0 Å². The van der Waals surface area contributed by atoms with E-state index in [1.165, 1.54) is 6.92 Å². The van der Waals surface area contributed by atoms with Crippen LogP contribution in [0.4, 0.5) is 11.4 Å². The van der Waals surface area contributed by atoms with E-state index in [0.29, 0.717) is 30.4 Å². The molecular formula is C17H23N3O3. The largest absolute Gasteiger partial charge is 0.356 e. The molecule has 6 heteroatoms. The summed E-state index contributed by atoms with van der Waals surface area (Å²) in [5.74, 6) is -0.268. The van der Waals surface area contributed by atoms with Crippen molar-refractivity contribution in [3.05, 3.63) is 24.3 Å². The summed E-state index contributed by atoms with van der Waals surface area (Å²) < 4.78 is 0. The number of carbonyl (C=O) groups is 3. The minimum atomic E-state index is -0.328. The number of amides is 3. The summed E-state index contributed by atoms with van der Waals surface area (Å²) in [5, 5.41) is 5.57. The van der Waals surface area contributed by atoms with E-state index < -0.39 is 0 Å². The Labute approximate surface area is 136 Å². The van der Waals surface area contributed by atoms with E-state index in [-0.39, 0.29) is 30.1 Å². The van der Waals surface area contributed by atoms with Crippen molar-refractivity contribution >= 4 is 29.1 Å². The SMILES string of the molecule is CC(=O)Nc1cccc(N2CC(C(=O)NCC(C)C)CC2=O)c1. The molecular weight excluding hydrogens is 294 g/mol. The Bertz CT molecular complexity index is 613. The van der Waals surface area contributed by atoms with Crippen molar-refractivity contribution in [2.24, 2.45) is 11.8 Å². The van der Waals surface area contributed by atoms with Gasteiger partial charge < -0.3 is 15.5 Å². The predicted octanol–water partition coefficient (Wildman–Crippen LogP) is 1.77. The Kier molecular flexibility index (Phi) is 5.36. The first-order chi connectivity index (χ1) is 10.9. The second-order valence-corrected chi connectivity index (χ2v) is 6.28. The molecule has 1 heterocycles. The molecule has 1 atom stereocenters. The van der Waals surface area contributed by atoms with Gasteiger partial charge in [0, 0.05) is 37.8 Å². The molecule has 0 bridgehead atoms. The van der Waals surface area contributed by atoms with Crippen molar-refractivity contribution in [3.63, 3.8) is 0 Å². The summed E-state index contributed by atoms with van der Waals surface area (Å²) >= 11 is 0. The van der Waals surface area contributed by atoms with Gasteiger partial charge in [-0.25, -0.2) is 0 Å². The number of hydrogen-bond donors (Lipinski definition) is 2. The van der Waals surface area contributed by atoms with Gasteiger partial charge in [0.1, 0.15) is 0 Å². The lowest BCUT2D eigenvalue weighted by Crippen LogP contribution is -2.35. The Balaban J connectivity index is 2.05. The molecule has 6 nitrogen and oxygen atoms in total. The van der Waals surface area contributed by atoms with E-state index in [2.05, 4.69) is 10.6 Å². The van der Waals surface area contributed by atoms with Crippen LogP contribution < -0.4 is 15.5 Å². The van der Waals surface area contributed by atoms with Crippen molar-refractivity contribution in [2.75, 3.05) is 23.3 Å². The molecule has 23 heavy (non-hydrogen) atoms. The summed E-state index contributed by atoms with van der Waals surface area (Å²) in [4.78, 5) is 37.1. The lowest BCUT2D eigenvalue weighted by atomic mass is 10.1. The highest BCUT2D eigenvalue weighted by Crippen LogP contribution is 2.27. The Morgan fingerprint density at radius 1 is 1.35 bits per heavy atom. The zero-order valence-electron chi connectivity index (χ0n) is 13.8. The summed E-state index contributed by atoms with van der Waals surface area (Å²) in [6, 6.07) is 7.09. The molecule has 1 aromatic carbocycles. The highest BCUT2D eigenvalue weighted by Gasteiger charge is 2.35. The molecule has 0 saturated carbocycles. The lowest BCUT2D eigenvalue weighted by molar-refractivity contribution is -0.126. The third-order valence-electron chi connectivity index (χ3n) is 3.66. The zero-order chi connectivity index (χ0) is 17.0. The van der Waals surface area contributed by atoms with E-state index in [9.17, 15) is 14.4 Å². The summed E-state index contributed by atoms with van der Waals surface area (Å²) in [7, 11) is 0. The van der Waals surface area contributed by atoms with Crippen LogP contribution in [0.3, 0.4) is 0 Å². The molecule has 0 spiro atoms. The Hall–Kier alpha value is -2.37. The van der Waals surface area contributed by atoms with Gasteiger partial charge in [0.05, 0.1) is 5.92 Å². The van der Waals surface area contributed by atoms with Crippen LogP contribution in [0.1, 0.15) is 27.2 Å². The average Bonchev–Trinajstić information content (AvgIpc) is 2.86. The second kappa shape index (κ2) is 7.26. The first-order valence-corrected chi connectivity index (χ1v) is 7.82. The smallest absolute Gasteiger partial charge is 0.227 e. The minimum absolute atomic E-state index is 0.0744. The molecule has 1 unspecified atom stereocenters. The molecule has 2 N–H and O–H groups in total. The minimum Gasteiger partial charge on any atom is -0.356 e. The Morgan fingerprint density at radius 3 is 2.74 bits per heavy atom. The normalized spacial score (nSPS) is 17.5. The lowest BCUT2D eigenvalue weighted by Gasteiger charge is -2.18. The predicted molar refractivity (Wildman–Crippen MR) is 89.1 cm³/mol. The van der Waals surface area contributed by atoms with Gasteiger partial charge in [-0.2, -0.15) is 0 Å². The topological polar surface area (TPSA) is 78.5 Å². The second-order valence-electron chi connectivity index (χ2n) is 6.28. The van der Waals surface area contributed by atoms with Crippen LogP contribution in [0.15, 0.2) is 24.3 Å². The van der Waals surface area contributed by atoms with E-state index in [1.54, 1.807) is 29.2 Å². The molecule has 1 aliphatic heterocycles. The third kappa shape index (κ3) is 4.55. The van der Waals surface area contributed by atoms with E-state index >= 15 is 0 Å². The monoisotopic (exact) mass is 317 g/mol. The fourth-order valence-corrected chi connectivity index (χ4v) is 2.54. The molecule has 1 aliphatic rings. The summed E-state index contributed by atoms with van der Waals surface area (Å²) in [5.41, 5.74) is 1.33. The van der Waals surface area contributed by atoms with Crippen molar-refractivity contribution in [2.45, 2.75) is 27.2 Å². The van der Waals surface area contributed by atoms with Crippen molar-refractivity contribution in [3.8, 4) is 0 Å². The number of carbonyl (C=O) groups excluding carboxylic acids is 3. The van der Waals surface area contributed by atoms with Crippen molar-refractivity contribution in [1.82, 2.24) is 5.32 Å². The number of benzene rings is 1. The number of nitrogens with one attached hydrogen (secondary N) is 2. The number of hydrogen-bond acceptors (Lipinski definition) is 3. The van der Waals surface area contributed by atoms with E-state index in [1.807, 2.05) is 13.8 Å². The molecule has 0 radical (unpaired) electrons. The number of nitrogens with zero attached hydrogens (tertiary/aromatic N) is 1. The third-order valence-corrected chi connectivity index (χ3v) is 3.66. The van der Waals surface area contributed by atoms with Gasteiger partial charge in [-0.1, -0.05) is 19.9 Å². The van der Waals surface area contributed by atoms with Gasteiger partial charge in [0.25, 0.3) is 0 Å². The standard InChI is InChI=1S/C17H23N3O3/c1-11(2)9-18-17(23)13-7-16(22)20(10-13)15-6-4-5-14(8-15)19-12(3)21/h4-6,8,11,13H,7,9-10H2,1-3H3,(H,18,23)(H,19,21). The van der Waals surface area contributed by atoms with Crippen molar-refractivity contribution < 1.29 is 14.4 Å². The van der Waals surface area contributed by atoms with Crippen LogP contribution in [0, 0.1) is 11.8 Å². The molecule has 0 aliphatic carbocycles. The van der Waals surface area contributed by atoms with E-state index in [0.717, 1.165) is 0 Å². The molecule has 0 aromatic heterocycles. The van der Waals surface area contributed by atoms with Gasteiger partial charge in [-0.3, -0.25) is 14.4 Å². The van der Waals surface area contributed by atoms with Crippen LogP contribution >= 0.6 is 0 Å². The van der Waals surface area contributed by atoms with Crippen molar-refractivity contribution in [1.29, 1.82) is 0 Å². The van der Waals surface area contributed by atoms with Crippen LogP contribution in [-0.2, 0) is 14.4 Å². The zero-order valence-corrected chi connectivity index (χ0v) is 13.8. The maximum Gasteiger partial charge on any atom is 0.227 e. The quantitative estimate of drug-likeness (QED) is 0.869. The average molecular weight is 317 g/mol. The van der Waals surface area contributed by atoms with Crippen LogP contribution in [0.5, 0.6) is 0 Å². The highest BCUT2D eigenvalue weighted by atomic mass is 16.2. The summed E-state index contributed by atoms with van der Waals surface area (Å²) in [6.45, 7) is 6.47. The fraction of sp³-hybridized carbons (Fsp3) is 0.471. The molecule has 1 aromatic rings. The van der Waals surface area contributed by atoms with Crippen LogP contribution in [-0.4, -0.2) is 30.8 Å². The summed E-state index contributed by atoms with van der Waals surface area (Å²) in [6.07, 6.45) is 0.217. The Morgan fingerprint density at radius 2 is 2.09 bits per heavy atom. The van der Waals surface area contributed by atoms with Gasteiger partial charge in [-0.15, -0.1) is 0 Å². The molecule has 2 rings (SSSR count). The van der Waals surface area contributed by atoms with Gasteiger partial charge in [0.2, 0.25) is 17.7 Å². The van der Waals surface area contributed by atoms with Gasteiger partial charge in [-0.05, 0) is 24.1 Å². The van der Waals surface area contributed by atoms with Crippen LogP contribution in [0.2, 0.25) is 0 Å².